The van der Waals surface area contributed by atoms with E-state index in [1.54, 1.807) is 7.11 Å². The molecule has 1 heterocycles. The maximum Gasteiger partial charge on any atom is 0.240 e. The van der Waals surface area contributed by atoms with E-state index in [1.165, 1.54) is 5.56 Å². The monoisotopic (exact) mass is 262 g/mol. The average molecular weight is 262 g/mol. The molecule has 2 rings (SSSR count). The number of nitrogens with zero attached hydrogens (tertiary/aromatic N) is 3. The molecule has 2 N–H and O–H groups in total. The third kappa shape index (κ3) is 3.77. The highest BCUT2D eigenvalue weighted by Gasteiger charge is 2.08. The lowest BCUT2D eigenvalue weighted by Gasteiger charge is -2.14. The molecule has 0 saturated carbocycles. The highest BCUT2D eigenvalue weighted by molar-refractivity contribution is 5.28. The van der Waals surface area contributed by atoms with E-state index in [2.05, 4.69) is 21.1 Å². The van der Waals surface area contributed by atoms with Gasteiger partial charge in [0.15, 0.2) is 5.82 Å². The molecule has 0 fully saturated rings. The van der Waals surface area contributed by atoms with E-state index in [1.807, 2.05) is 25.2 Å². The lowest BCUT2D eigenvalue weighted by atomic mass is 10.2. The fourth-order valence-electron chi connectivity index (χ4n) is 1.82. The van der Waals surface area contributed by atoms with E-state index < -0.39 is 0 Å². The first kappa shape index (κ1) is 13.5. The van der Waals surface area contributed by atoms with Crippen molar-refractivity contribution in [3.05, 3.63) is 41.5 Å². The normalized spacial score (nSPS) is 10.9. The molecule has 0 saturated heterocycles. The van der Waals surface area contributed by atoms with Crippen molar-refractivity contribution in [2.24, 2.45) is 5.73 Å². The first-order valence-electron chi connectivity index (χ1n) is 6.04. The zero-order valence-electron chi connectivity index (χ0n) is 11.2. The van der Waals surface area contributed by atoms with Gasteiger partial charge in [-0.3, -0.25) is 4.90 Å². The Morgan fingerprint density at radius 3 is 2.89 bits per heavy atom. The number of hydrogen-bond acceptors (Lipinski definition) is 6. The topological polar surface area (TPSA) is 77.4 Å². The van der Waals surface area contributed by atoms with Crippen LogP contribution in [0.15, 0.2) is 28.8 Å². The minimum Gasteiger partial charge on any atom is -0.497 e. The van der Waals surface area contributed by atoms with Gasteiger partial charge in [-0.15, -0.1) is 0 Å². The summed E-state index contributed by atoms with van der Waals surface area (Å²) in [6, 6.07) is 7.97. The zero-order chi connectivity index (χ0) is 13.7. The summed E-state index contributed by atoms with van der Waals surface area (Å²) < 4.78 is 10.2. The van der Waals surface area contributed by atoms with Crippen molar-refractivity contribution < 1.29 is 9.26 Å². The van der Waals surface area contributed by atoms with Gasteiger partial charge >= 0.3 is 0 Å². The Morgan fingerprint density at radius 2 is 2.21 bits per heavy atom. The van der Waals surface area contributed by atoms with E-state index in [4.69, 9.17) is 15.0 Å². The highest BCUT2D eigenvalue weighted by atomic mass is 16.5. The van der Waals surface area contributed by atoms with Gasteiger partial charge in [0.25, 0.3) is 0 Å². The number of ether oxygens (including phenoxy) is 1. The van der Waals surface area contributed by atoms with E-state index in [0.29, 0.717) is 18.3 Å². The molecule has 2 aromatic rings. The second-order valence-corrected chi connectivity index (χ2v) is 4.33. The fraction of sp³-hybridized carbons (Fsp3) is 0.385. The van der Waals surface area contributed by atoms with Gasteiger partial charge < -0.3 is 15.0 Å². The summed E-state index contributed by atoms with van der Waals surface area (Å²) in [5.74, 6) is 1.96. The van der Waals surface area contributed by atoms with Crippen LogP contribution in [0.5, 0.6) is 5.75 Å². The Balaban J connectivity index is 1.94. The quantitative estimate of drug-likeness (QED) is 0.842. The van der Waals surface area contributed by atoms with Crippen LogP contribution in [-0.4, -0.2) is 29.2 Å². The van der Waals surface area contributed by atoms with Gasteiger partial charge in [-0.25, -0.2) is 0 Å². The Hall–Kier alpha value is -1.92. The molecule has 6 nitrogen and oxygen atoms in total. The predicted molar refractivity (Wildman–Crippen MR) is 70.4 cm³/mol. The molecule has 0 atom stereocenters. The van der Waals surface area contributed by atoms with Crippen molar-refractivity contribution in [2.75, 3.05) is 14.2 Å². The number of benzene rings is 1. The molecule has 102 valence electrons. The van der Waals surface area contributed by atoms with Crippen molar-refractivity contribution in [3.8, 4) is 5.75 Å². The summed E-state index contributed by atoms with van der Waals surface area (Å²) in [7, 11) is 3.66. The van der Waals surface area contributed by atoms with Crippen molar-refractivity contribution in [3.63, 3.8) is 0 Å². The van der Waals surface area contributed by atoms with Gasteiger partial charge in [0.1, 0.15) is 5.75 Å². The minimum atomic E-state index is 0.270. The van der Waals surface area contributed by atoms with E-state index in [-0.39, 0.29) is 6.54 Å². The van der Waals surface area contributed by atoms with Crippen LogP contribution in [0.1, 0.15) is 17.3 Å². The van der Waals surface area contributed by atoms with Crippen LogP contribution in [0.4, 0.5) is 0 Å². The van der Waals surface area contributed by atoms with Crippen LogP contribution in [0.2, 0.25) is 0 Å². The van der Waals surface area contributed by atoms with Crippen molar-refractivity contribution >= 4 is 0 Å². The van der Waals surface area contributed by atoms with Crippen molar-refractivity contribution in [1.29, 1.82) is 0 Å². The van der Waals surface area contributed by atoms with E-state index >= 15 is 0 Å². The molecule has 0 amide bonds. The second kappa shape index (κ2) is 6.31. The summed E-state index contributed by atoms with van der Waals surface area (Å²) in [5.41, 5.74) is 6.60. The zero-order valence-corrected chi connectivity index (χ0v) is 11.2. The Morgan fingerprint density at radius 1 is 1.37 bits per heavy atom. The predicted octanol–water partition coefficient (Wildman–Crippen LogP) is 1.17. The molecule has 0 bridgehead atoms. The second-order valence-electron chi connectivity index (χ2n) is 4.33. The molecular weight excluding hydrogens is 244 g/mol. The molecule has 19 heavy (non-hydrogen) atoms. The number of hydrogen-bond donors (Lipinski definition) is 1. The minimum absolute atomic E-state index is 0.270. The first-order valence-corrected chi connectivity index (χ1v) is 6.04. The molecule has 6 heteroatoms. The number of rotatable bonds is 6. The molecule has 0 aliphatic carbocycles. The Kier molecular flexibility index (Phi) is 4.48. The van der Waals surface area contributed by atoms with Crippen LogP contribution in [0, 0.1) is 0 Å². The molecule has 0 aliphatic rings. The van der Waals surface area contributed by atoms with Gasteiger partial charge in [-0.05, 0) is 24.7 Å². The molecular formula is C13H18N4O2. The fourth-order valence-corrected chi connectivity index (χ4v) is 1.82. The summed E-state index contributed by atoms with van der Waals surface area (Å²) in [5, 5.41) is 3.87. The van der Waals surface area contributed by atoms with Gasteiger partial charge in [0.05, 0.1) is 20.2 Å². The average Bonchev–Trinajstić information content (AvgIpc) is 2.86. The third-order valence-corrected chi connectivity index (χ3v) is 2.68. The van der Waals surface area contributed by atoms with Crippen LogP contribution < -0.4 is 10.5 Å². The van der Waals surface area contributed by atoms with Crippen molar-refractivity contribution in [2.45, 2.75) is 19.6 Å². The smallest absolute Gasteiger partial charge is 0.240 e. The van der Waals surface area contributed by atoms with Crippen LogP contribution in [0.25, 0.3) is 0 Å². The van der Waals surface area contributed by atoms with Crippen LogP contribution in [0.3, 0.4) is 0 Å². The summed E-state index contributed by atoms with van der Waals surface area (Å²) in [6.45, 7) is 1.66. The van der Waals surface area contributed by atoms with Crippen LogP contribution >= 0.6 is 0 Å². The summed E-state index contributed by atoms with van der Waals surface area (Å²) >= 11 is 0. The number of methoxy groups -OCH3 is 1. The van der Waals surface area contributed by atoms with Gasteiger partial charge in [-0.1, -0.05) is 17.3 Å². The summed E-state index contributed by atoms with van der Waals surface area (Å²) in [4.78, 5) is 6.27. The first-order chi connectivity index (χ1) is 9.21. The largest absolute Gasteiger partial charge is 0.497 e. The SMILES string of the molecule is COc1cccc(CN(C)Cc2noc(CN)n2)c1. The number of nitrogens with two attached hydrogens (primary N) is 1. The van der Waals surface area contributed by atoms with Crippen molar-refractivity contribution in [1.82, 2.24) is 15.0 Å². The molecule has 0 aliphatic heterocycles. The summed E-state index contributed by atoms with van der Waals surface area (Å²) in [6.07, 6.45) is 0. The molecule has 0 unspecified atom stereocenters. The van der Waals surface area contributed by atoms with Crippen LogP contribution in [-0.2, 0) is 19.6 Å². The lowest BCUT2D eigenvalue weighted by Crippen LogP contribution is -2.18. The molecule has 1 aromatic carbocycles. The van der Waals surface area contributed by atoms with Gasteiger partial charge in [0.2, 0.25) is 5.89 Å². The number of aromatic nitrogens is 2. The van der Waals surface area contributed by atoms with E-state index in [9.17, 15) is 0 Å². The molecule has 1 aromatic heterocycles. The Bertz CT molecular complexity index is 527. The molecule has 0 radical (unpaired) electrons. The molecule has 0 spiro atoms. The standard InChI is InChI=1S/C13H18N4O2/c1-17(9-12-15-13(7-14)19-16-12)8-10-4-3-5-11(6-10)18-2/h3-6H,7-9,14H2,1-2H3. The van der Waals surface area contributed by atoms with E-state index in [0.717, 1.165) is 12.3 Å². The Labute approximate surface area is 112 Å². The van der Waals surface area contributed by atoms with Gasteiger partial charge in [-0.2, -0.15) is 4.98 Å². The maximum absolute atomic E-state index is 5.43. The van der Waals surface area contributed by atoms with Gasteiger partial charge in [0, 0.05) is 6.54 Å². The third-order valence-electron chi connectivity index (χ3n) is 2.68. The lowest BCUT2D eigenvalue weighted by molar-refractivity contribution is 0.299. The highest BCUT2D eigenvalue weighted by Crippen LogP contribution is 2.14. The maximum atomic E-state index is 5.43.